The molecule has 2 amide bonds. The van der Waals surface area contributed by atoms with Gasteiger partial charge in [0.2, 0.25) is 5.91 Å². The molecular formula is C22H22N2O2. The molecule has 0 unspecified atom stereocenters. The molecule has 0 bridgehead atoms. The van der Waals surface area contributed by atoms with Gasteiger partial charge in [0.15, 0.2) is 0 Å². The van der Waals surface area contributed by atoms with Crippen LogP contribution in [0.3, 0.4) is 0 Å². The number of nitrogens with one attached hydrogen (secondary N) is 2. The fourth-order valence-electron chi connectivity index (χ4n) is 2.77. The summed E-state index contributed by atoms with van der Waals surface area (Å²) in [4.78, 5) is 24.4. The quantitative estimate of drug-likeness (QED) is 0.643. The maximum Gasteiger partial charge on any atom is 0.255 e. The molecule has 0 heterocycles. The van der Waals surface area contributed by atoms with Crippen LogP contribution in [0.1, 0.15) is 36.5 Å². The van der Waals surface area contributed by atoms with E-state index in [1.165, 1.54) is 0 Å². The number of hydrogen-bond donors (Lipinski definition) is 2. The third kappa shape index (κ3) is 4.48. The van der Waals surface area contributed by atoms with Gasteiger partial charge >= 0.3 is 0 Å². The van der Waals surface area contributed by atoms with E-state index in [1.54, 1.807) is 12.1 Å². The van der Waals surface area contributed by atoms with Crippen molar-refractivity contribution in [2.75, 3.05) is 10.6 Å². The Hall–Kier alpha value is -3.14. The van der Waals surface area contributed by atoms with Crippen LogP contribution in [0.5, 0.6) is 0 Å². The molecule has 132 valence electrons. The Morgan fingerprint density at radius 1 is 0.808 bits per heavy atom. The summed E-state index contributed by atoms with van der Waals surface area (Å²) in [5, 5.41) is 7.88. The minimum atomic E-state index is -0.176. The number of fused-ring (bicyclic) bond motifs is 1. The Morgan fingerprint density at radius 2 is 1.54 bits per heavy atom. The standard InChI is InChI=1S/C22H22N2O2/c1-2-3-11-21(25)23-19-9-6-10-20(15-19)24-22(26)18-13-12-16-7-4-5-8-17(16)14-18/h4-10,12-15H,2-3,11H2,1H3,(H,23,25)(H,24,26). The molecule has 0 fully saturated rings. The lowest BCUT2D eigenvalue weighted by atomic mass is 10.1. The lowest BCUT2D eigenvalue weighted by Gasteiger charge is -2.09. The van der Waals surface area contributed by atoms with E-state index in [9.17, 15) is 9.59 Å². The van der Waals surface area contributed by atoms with Crippen LogP contribution in [0, 0.1) is 0 Å². The molecule has 26 heavy (non-hydrogen) atoms. The third-order valence-electron chi connectivity index (χ3n) is 4.17. The molecule has 3 aromatic carbocycles. The zero-order valence-corrected chi connectivity index (χ0v) is 14.8. The number of benzene rings is 3. The molecule has 0 saturated heterocycles. The van der Waals surface area contributed by atoms with E-state index < -0.39 is 0 Å². The molecule has 2 N–H and O–H groups in total. The van der Waals surface area contributed by atoms with Gasteiger partial charge in [-0.15, -0.1) is 0 Å². The summed E-state index contributed by atoms with van der Waals surface area (Å²) in [7, 11) is 0. The van der Waals surface area contributed by atoms with E-state index in [1.807, 2.05) is 54.6 Å². The number of carbonyl (C=O) groups is 2. The molecular weight excluding hydrogens is 324 g/mol. The molecule has 0 aliphatic heterocycles. The number of rotatable bonds is 6. The summed E-state index contributed by atoms with van der Waals surface area (Å²) in [6.07, 6.45) is 2.35. The summed E-state index contributed by atoms with van der Waals surface area (Å²) in [5.74, 6) is -0.185. The van der Waals surface area contributed by atoms with E-state index in [-0.39, 0.29) is 11.8 Å². The lowest BCUT2D eigenvalue weighted by molar-refractivity contribution is -0.116. The second kappa shape index (κ2) is 8.30. The first-order chi connectivity index (χ1) is 12.7. The van der Waals surface area contributed by atoms with E-state index in [4.69, 9.17) is 0 Å². The van der Waals surface area contributed by atoms with Gasteiger partial charge in [0.25, 0.3) is 5.91 Å². The van der Waals surface area contributed by atoms with Crippen molar-refractivity contribution in [1.29, 1.82) is 0 Å². The maximum absolute atomic E-state index is 12.5. The molecule has 4 nitrogen and oxygen atoms in total. The van der Waals surface area contributed by atoms with Crippen LogP contribution in [0.25, 0.3) is 10.8 Å². The normalized spacial score (nSPS) is 10.5. The van der Waals surface area contributed by atoms with Crippen LogP contribution >= 0.6 is 0 Å². The molecule has 0 aliphatic rings. The zero-order chi connectivity index (χ0) is 18.4. The average Bonchev–Trinajstić information content (AvgIpc) is 2.66. The molecule has 0 aromatic heterocycles. The fraction of sp³-hybridized carbons (Fsp3) is 0.182. The van der Waals surface area contributed by atoms with Crippen molar-refractivity contribution in [3.63, 3.8) is 0 Å². The first-order valence-corrected chi connectivity index (χ1v) is 8.86. The molecule has 0 atom stereocenters. The van der Waals surface area contributed by atoms with Crippen molar-refractivity contribution in [3.05, 3.63) is 72.3 Å². The minimum absolute atomic E-state index is 0.00939. The largest absolute Gasteiger partial charge is 0.326 e. The Kier molecular flexibility index (Phi) is 5.64. The van der Waals surface area contributed by atoms with E-state index in [2.05, 4.69) is 17.6 Å². The maximum atomic E-state index is 12.5. The van der Waals surface area contributed by atoms with Crippen molar-refractivity contribution >= 4 is 34.0 Å². The predicted octanol–water partition coefficient (Wildman–Crippen LogP) is 5.22. The van der Waals surface area contributed by atoms with Gasteiger partial charge in [0.05, 0.1) is 0 Å². The number of hydrogen-bond acceptors (Lipinski definition) is 2. The molecule has 0 radical (unpaired) electrons. The number of anilines is 2. The first kappa shape index (κ1) is 17.7. The third-order valence-corrected chi connectivity index (χ3v) is 4.17. The Morgan fingerprint density at radius 3 is 2.31 bits per heavy atom. The van der Waals surface area contributed by atoms with Gasteiger partial charge in [-0.1, -0.05) is 49.7 Å². The van der Waals surface area contributed by atoms with Crippen molar-refractivity contribution in [2.24, 2.45) is 0 Å². The summed E-state index contributed by atoms with van der Waals surface area (Å²) in [5.41, 5.74) is 1.93. The van der Waals surface area contributed by atoms with E-state index in [0.29, 0.717) is 23.4 Å². The second-order valence-electron chi connectivity index (χ2n) is 6.25. The molecule has 0 saturated carbocycles. The van der Waals surface area contributed by atoms with E-state index >= 15 is 0 Å². The van der Waals surface area contributed by atoms with Gasteiger partial charge in [-0.05, 0) is 47.5 Å². The highest BCUT2D eigenvalue weighted by atomic mass is 16.2. The molecule has 4 heteroatoms. The van der Waals surface area contributed by atoms with Crippen LogP contribution in [-0.2, 0) is 4.79 Å². The predicted molar refractivity (Wildman–Crippen MR) is 106 cm³/mol. The Balaban J connectivity index is 1.70. The van der Waals surface area contributed by atoms with Gasteiger partial charge < -0.3 is 10.6 Å². The Labute approximate surface area is 153 Å². The van der Waals surface area contributed by atoms with Crippen molar-refractivity contribution < 1.29 is 9.59 Å². The lowest BCUT2D eigenvalue weighted by Crippen LogP contribution is -2.13. The summed E-state index contributed by atoms with van der Waals surface area (Å²) in [6.45, 7) is 2.05. The fourth-order valence-corrected chi connectivity index (χ4v) is 2.77. The van der Waals surface area contributed by atoms with Gasteiger partial charge in [0.1, 0.15) is 0 Å². The SMILES string of the molecule is CCCCC(=O)Nc1cccc(NC(=O)c2ccc3ccccc3c2)c1. The highest BCUT2D eigenvalue weighted by Crippen LogP contribution is 2.19. The van der Waals surface area contributed by atoms with Crippen LogP contribution < -0.4 is 10.6 Å². The van der Waals surface area contributed by atoms with Crippen molar-refractivity contribution in [3.8, 4) is 0 Å². The minimum Gasteiger partial charge on any atom is -0.326 e. The molecule has 3 aromatic rings. The monoisotopic (exact) mass is 346 g/mol. The average molecular weight is 346 g/mol. The van der Waals surface area contributed by atoms with Gasteiger partial charge in [-0.3, -0.25) is 9.59 Å². The van der Waals surface area contributed by atoms with Gasteiger partial charge in [-0.25, -0.2) is 0 Å². The van der Waals surface area contributed by atoms with Crippen molar-refractivity contribution in [1.82, 2.24) is 0 Å². The molecule has 0 aliphatic carbocycles. The van der Waals surface area contributed by atoms with Crippen LogP contribution in [0.4, 0.5) is 11.4 Å². The number of amides is 2. The topological polar surface area (TPSA) is 58.2 Å². The summed E-state index contributed by atoms with van der Waals surface area (Å²) < 4.78 is 0. The zero-order valence-electron chi connectivity index (χ0n) is 14.8. The number of carbonyl (C=O) groups excluding carboxylic acids is 2. The van der Waals surface area contributed by atoms with Crippen LogP contribution in [-0.4, -0.2) is 11.8 Å². The second-order valence-corrected chi connectivity index (χ2v) is 6.25. The molecule has 3 rings (SSSR count). The first-order valence-electron chi connectivity index (χ1n) is 8.86. The van der Waals surface area contributed by atoms with E-state index in [0.717, 1.165) is 23.6 Å². The summed E-state index contributed by atoms with van der Waals surface area (Å²) in [6, 6.07) is 20.8. The smallest absolute Gasteiger partial charge is 0.255 e. The van der Waals surface area contributed by atoms with Gasteiger partial charge in [0, 0.05) is 23.4 Å². The van der Waals surface area contributed by atoms with Crippen LogP contribution in [0.15, 0.2) is 66.7 Å². The highest BCUT2D eigenvalue weighted by Gasteiger charge is 2.08. The Bertz CT molecular complexity index is 934. The highest BCUT2D eigenvalue weighted by molar-refractivity contribution is 6.06. The van der Waals surface area contributed by atoms with Gasteiger partial charge in [-0.2, -0.15) is 0 Å². The summed E-state index contributed by atoms with van der Waals surface area (Å²) >= 11 is 0. The van der Waals surface area contributed by atoms with Crippen LogP contribution in [0.2, 0.25) is 0 Å². The number of unbranched alkanes of at least 4 members (excludes halogenated alkanes) is 1. The molecule has 0 spiro atoms. The van der Waals surface area contributed by atoms with Crippen molar-refractivity contribution in [2.45, 2.75) is 26.2 Å².